The van der Waals surface area contributed by atoms with E-state index in [0.29, 0.717) is 10.2 Å². The lowest BCUT2D eigenvalue weighted by atomic mass is 9.97. The van der Waals surface area contributed by atoms with Gasteiger partial charge in [-0.3, -0.25) is 14.4 Å². The topological polar surface area (TPSA) is 95.5 Å². The van der Waals surface area contributed by atoms with Gasteiger partial charge >= 0.3 is 11.9 Å². The molecule has 0 fully saturated rings. The Hall–Kier alpha value is -2.35. The van der Waals surface area contributed by atoms with Gasteiger partial charge in [0.25, 0.3) is 0 Å². The van der Waals surface area contributed by atoms with Crippen LogP contribution in [0.1, 0.15) is 24.2 Å². The summed E-state index contributed by atoms with van der Waals surface area (Å²) in [6, 6.07) is 4.83. The molecule has 0 unspecified atom stereocenters. The van der Waals surface area contributed by atoms with Gasteiger partial charge in [0.05, 0.1) is 17.9 Å². The summed E-state index contributed by atoms with van der Waals surface area (Å²) in [5.41, 5.74) is 0.737. The quantitative estimate of drug-likeness (QED) is 0.453. The second kappa shape index (κ2) is 7.08. The summed E-state index contributed by atoms with van der Waals surface area (Å²) in [5, 5.41) is 3.87. The molecule has 1 heterocycles. The normalized spacial score (nSPS) is 10.7. The van der Waals surface area contributed by atoms with Gasteiger partial charge in [0.2, 0.25) is 5.92 Å². The largest absolute Gasteiger partial charge is 0.465 e. The molecule has 0 radical (unpaired) electrons. The molecule has 0 atom stereocenters. The van der Waals surface area contributed by atoms with E-state index < -0.39 is 23.6 Å². The Kier molecular flexibility index (Phi) is 5.16. The Labute approximate surface area is 130 Å². The molecule has 7 nitrogen and oxygen atoms in total. The molecule has 1 aromatic heterocycles. The minimum absolute atomic E-state index is 0.0638. The molecule has 1 aromatic carbocycles. The molecule has 0 amide bonds. The number of rotatable bonds is 6. The molecule has 0 aliphatic heterocycles. The van der Waals surface area contributed by atoms with Crippen molar-refractivity contribution in [3.8, 4) is 0 Å². The number of hydrogen-bond acceptors (Lipinski definition) is 8. The molecule has 22 heavy (non-hydrogen) atoms. The number of nitrogens with zero attached hydrogens (tertiary/aromatic N) is 2. The first-order valence-corrected chi connectivity index (χ1v) is 7.46. The van der Waals surface area contributed by atoms with Gasteiger partial charge in [-0.15, -0.1) is 5.10 Å². The number of aromatic nitrogens is 2. The Morgan fingerprint density at radius 1 is 1.14 bits per heavy atom. The summed E-state index contributed by atoms with van der Waals surface area (Å²) in [6.07, 6.45) is 0. The maximum absolute atomic E-state index is 12.6. The number of esters is 2. The molecular weight excluding hydrogens is 308 g/mol. The van der Waals surface area contributed by atoms with Crippen LogP contribution in [-0.2, 0) is 19.1 Å². The standard InChI is InChI=1S/C14H14N2O5S/c1-3-20-13(18)10(14(19)21-4-2)11(17)8-6-5-7-9-12(8)22-16-15-9/h5-7,10H,3-4H2,1-2H3. The Bertz CT molecular complexity index is 694. The van der Waals surface area contributed by atoms with Crippen molar-refractivity contribution in [3.05, 3.63) is 23.8 Å². The lowest BCUT2D eigenvalue weighted by Crippen LogP contribution is -2.35. The fourth-order valence-electron chi connectivity index (χ4n) is 1.92. The van der Waals surface area contributed by atoms with E-state index in [4.69, 9.17) is 9.47 Å². The predicted octanol–water partition coefficient (Wildman–Crippen LogP) is 1.62. The third-order valence-electron chi connectivity index (χ3n) is 2.85. The fraction of sp³-hybridized carbons (Fsp3) is 0.357. The third-order valence-corrected chi connectivity index (χ3v) is 3.62. The number of carbonyl (C=O) groups is 3. The van der Waals surface area contributed by atoms with Crippen LogP contribution < -0.4 is 0 Å². The number of ether oxygens (including phenoxy) is 2. The first-order chi connectivity index (χ1) is 10.6. The zero-order valence-corrected chi connectivity index (χ0v) is 12.9. The van der Waals surface area contributed by atoms with Crippen LogP contribution in [0.15, 0.2) is 18.2 Å². The molecule has 0 aliphatic carbocycles. The van der Waals surface area contributed by atoms with E-state index in [1.807, 2.05) is 0 Å². The van der Waals surface area contributed by atoms with Crippen molar-refractivity contribution in [2.24, 2.45) is 5.92 Å². The van der Waals surface area contributed by atoms with Crippen molar-refractivity contribution in [3.63, 3.8) is 0 Å². The second-order valence-electron chi connectivity index (χ2n) is 4.23. The summed E-state index contributed by atoms with van der Waals surface area (Å²) in [7, 11) is 0. The van der Waals surface area contributed by atoms with E-state index in [-0.39, 0.29) is 18.8 Å². The maximum atomic E-state index is 12.6. The van der Waals surface area contributed by atoms with E-state index in [2.05, 4.69) is 9.59 Å². The number of carbonyl (C=O) groups excluding carboxylic acids is 3. The molecule has 2 aromatic rings. The smallest absolute Gasteiger partial charge is 0.328 e. The molecule has 0 saturated carbocycles. The molecule has 0 aliphatic rings. The van der Waals surface area contributed by atoms with Crippen LogP contribution >= 0.6 is 11.5 Å². The van der Waals surface area contributed by atoms with Crippen LogP contribution in [0.25, 0.3) is 10.2 Å². The zero-order valence-electron chi connectivity index (χ0n) is 12.1. The highest BCUT2D eigenvalue weighted by molar-refractivity contribution is 7.13. The average molecular weight is 322 g/mol. The van der Waals surface area contributed by atoms with Crippen molar-refractivity contribution in [1.29, 1.82) is 0 Å². The molecular formula is C14H14N2O5S. The first kappa shape index (κ1) is 16.0. The molecule has 0 N–H and O–H groups in total. The van der Waals surface area contributed by atoms with Gasteiger partial charge in [0.15, 0.2) is 5.78 Å². The highest BCUT2D eigenvalue weighted by Gasteiger charge is 2.38. The Morgan fingerprint density at radius 2 is 1.77 bits per heavy atom. The van der Waals surface area contributed by atoms with Gasteiger partial charge in [-0.25, -0.2) is 0 Å². The minimum Gasteiger partial charge on any atom is -0.465 e. The lowest BCUT2D eigenvalue weighted by Gasteiger charge is -2.13. The van der Waals surface area contributed by atoms with E-state index in [1.165, 1.54) is 6.07 Å². The van der Waals surface area contributed by atoms with Gasteiger partial charge < -0.3 is 9.47 Å². The highest BCUT2D eigenvalue weighted by Crippen LogP contribution is 2.24. The maximum Gasteiger partial charge on any atom is 0.328 e. The summed E-state index contributed by atoms with van der Waals surface area (Å²) < 4.78 is 13.9. The van der Waals surface area contributed by atoms with E-state index >= 15 is 0 Å². The van der Waals surface area contributed by atoms with E-state index in [1.54, 1.807) is 26.0 Å². The zero-order chi connectivity index (χ0) is 16.1. The lowest BCUT2D eigenvalue weighted by molar-refractivity contribution is -0.158. The highest BCUT2D eigenvalue weighted by atomic mass is 32.1. The van der Waals surface area contributed by atoms with Gasteiger partial charge in [-0.2, -0.15) is 0 Å². The van der Waals surface area contributed by atoms with Gasteiger partial charge in [-0.1, -0.05) is 10.6 Å². The summed E-state index contributed by atoms with van der Waals surface area (Å²) in [5.74, 6) is -4.14. The van der Waals surface area contributed by atoms with Crippen LogP contribution in [0.4, 0.5) is 0 Å². The number of ketones is 1. The summed E-state index contributed by atoms with van der Waals surface area (Å²) >= 11 is 1.02. The SMILES string of the molecule is CCOC(=O)C(C(=O)OCC)C(=O)c1cccc2nnsc12. The summed E-state index contributed by atoms with van der Waals surface area (Å²) in [6.45, 7) is 3.32. The third kappa shape index (κ3) is 3.11. The first-order valence-electron chi connectivity index (χ1n) is 6.68. The number of fused-ring (bicyclic) bond motifs is 1. The molecule has 0 spiro atoms. The van der Waals surface area contributed by atoms with Gasteiger partial charge in [-0.05, 0) is 37.5 Å². The predicted molar refractivity (Wildman–Crippen MR) is 78.5 cm³/mol. The molecule has 0 saturated heterocycles. The fourth-order valence-corrected chi connectivity index (χ4v) is 2.60. The monoisotopic (exact) mass is 322 g/mol. The molecule has 8 heteroatoms. The molecule has 0 bridgehead atoms. The molecule has 2 rings (SSSR count). The minimum atomic E-state index is -1.63. The molecule has 116 valence electrons. The van der Waals surface area contributed by atoms with Crippen molar-refractivity contribution >= 4 is 39.5 Å². The van der Waals surface area contributed by atoms with E-state index in [0.717, 1.165) is 11.5 Å². The van der Waals surface area contributed by atoms with Crippen LogP contribution in [0.3, 0.4) is 0 Å². The summed E-state index contributed by atoms with van der Waals surface area (Å²) in [4.78, 5) is 36.6. The van der Waals surface area contributed by atoms with Crippen LogP contribution in [-0.4, -0.2) is 40.5 Å². The van der Waals surface area contributed by atoms with Gasteiger partial charge in [0, 0.05) is 5.56 Å². The van der Waals surface area contributed by atoms with Crippen molar-refractivity contribution < 1.29 is 23.9 Å². The Morgan fingerprint density at radius 3 is 2.36 bits per heavy atom. The van der Waals surface area contributed by atoms with Crippen LogP contribution in [0.2, 0.25) is 0 Å². The number of hydrogen-bond donors (Lipinski definition) is 0. The average Bonchev–Trinajstić information content (AvgIpc) is 2.96. The number of benzene rings is 1. The van der Waals surface area contributed by atoms with Crippen molar-refractivity contribution in [2.75, 3.05) is 13.2 Å². The van der Waals surface area contributed by atoms with E-state index in [9.17, 15) is 14.4 Å². The second-order valence-corrected chi connectivity index (χ2v) is 4.98. The van der Waals surface area contributed by atoms with Crippen LogP contribution in [0.5, 0.6) is 0 Å². The van der Waals surface area contributed by atoms with Crippen LogP contribution in [0, 0.1) is 5.92 Å². The van der Waals surface area contributed by atoms with Gasteiger partial charge in [0.1, 0.15) is 5.52 Å². The number of Topliss-reactive ketones (excluding diaryl/α,β-unsaturated/α-hetero) is 1. The van der Waals surface area contributed by atoms with Crippen molar-refractivity contribution in [2.45, 2.75) is 13.8 Å². The Balaban J connectivity index is 2.42. The van der Waals surface area contributed by atoms with Crippen molar-refractivity contribution in [1.82, 2.24) is 9.59 Å².